The summed E-state index contributed by atoms with van der Waals surface area (Å²) >= 11 is 0.884. The van der Waals surface area contributed by atoms with E-state index in [1.54, 1.807) is 11.0 Å². The number of rotatable bonds is 5. The molecule has 1 fully saturated rings. The summed E-state index contributed by atoms with van der Waals surface area (Å²) in [7, 11) is 0. The Morgan fingerprint density at radius 2 is 1.62 bits per heavy atom. The number of alkyl halides is 6. The highest BCUT2D eigenvalue weighted by Gasteiger charge is 2.37. The first-order chi connectivity index (χ1) is 17.4. The molecule has 1 N–H and O–H groups in total. The zero-order chi connectivity index (χ0) is 26.8. The topological polar surface area (TPSA) is 83.5 Å². The second kappa shape index (κ2) is 10.4. The molecule has 3 aromatic rings. The highest BCUT2D eigenvalue weighted by Crippen LogP contribution is 2.37. The van der Waals surface area contributed by atoms with Crippen molar-refractivity contribution in [2.75, 3.05) is 36.4 Å². The van der Waals surface area contributed by atoms with Crippen molar-refractivity contribution >= 4 is 29.3 Å². The maximum Gasteiger partial charge on any atom is 0.416 e. The lowest BCUT2D eigenvalue weighted by molar-refractivity contribution is -0.143. The molecule has 4 rings (SSSR count). The highest BCUT2D eigenvalue weighted by molar-refractivity contribution is 6.99. The number of piperazine rings is 1. The highest BCUT2D eigenvalue weighted by atomic mass is 32.1. The molecule has 16 heteroatoms. The Labute approximate surface area is 209 Å². The molecule has 1 saturated heterocycles. The standard InChI is InChI=1S/C21H17F7N6O2S/c22-16-7-12(1-2-29-16)11-36-18-17(31-37-32-18)33-3-5-34(6-4-33)19(35)30-15-9-13(20(23,24)25)8-14(10-15)21(26,27)28/h1-2,7-10H,3-6,11H2,(H,30,35). The molecule has 0 saturated carbocycles. The van der Waals surface area contributed by atoms with Gasteiger partial charge in [0.1, 0.15) is 6.61 Å². The molecule has 2 amide bonds. The van der Waals surface area contributed by atoms with Crippen LogP contribution in [0.1, 0.15) is 16.7 Å². The van der Waals surface area contributed by atoms with Crippen LogP contribution in [-0.4, -0.2) is 50.8 Å². The van der Waals surface area contributed by atoms with Crippen molar-refractivity contribution in [2.45, 2.75) is 19.0 Å². The van der Waals surface area contributed by atoms with Gasteiger partial charge in [-0.1, -0.05) is 0 Å². The van der Waals surface area contributed by atoms with Gasteiger partial charge in [0.2, 0.25) is 11.8 Å². The number of hydrogen-bond acceptors (Lipinski definition) is 7. The Kier molecular flexibility index (Phi) is 7.38. The third-order valence-electron chi connectivity index (χ3n) is 5.31. The summed E-state index contributed by atoms with van der Waals surface area (Å²) < 4.78 is 106. The zero-order valence-corrected chi connectivity index (χ0v) is 19.4. The van der Waals surface area contributed by atoms with Crippen LogP contribution in [0, 0.1) is 5.95 Å². The number of carbonyl (C=O) groups is 1. The van der Waals surface area contributed by atoms with Crippen LogP contribution in [0.4, 0.5) is 47.0 Å². The van der Waals surface area contributed by atoms with Crippen LogP contribution < -0.4 is 15.0 Å². The van der Waals surface area contributed by atoms with Crippen molar-refractivity contribution in [3.63, 3.8) is 0 Å². The number of aromatic nitrogens is 3. The molecule has 8 nitrogen and oxygen atoms in total. The van der Waals surface area contributed by atoms with Crippen LogP contribution in [0.3, 0.4) is 0 Å². The van der Waals surface area contributed by atoms with Gasteiger partial charge < -0.3 is 19.9 Å². The lowest BCUT2D eigenvalue weighted by atomic mass is 10.1. The van der Waals surface area contributed by atoms with Crippen LogP contribution in [0.25, 0.3) is 0 Å². The Hall–Kier alpha value is -3.69. The molecule has 1 aliphatic rings. The SMILES string of the molecule is O=C(Nc1cc(C(F)(F)F)cc(C(F)(F)F)c1)N1CCN(c2nsnc2OCc2ccnc(F)c2)CC1. The van der Waals surface area contributed by atoms with E-state index >= 15 is 0 Å². The van der Waals surface area contributed by atoms with Crippen LogP contribution in [-0.2, 0) is 19.0 Å². The molecule has 37 heavy (non-hydrogen) atoms. The average Bonchev–Trinajstić information content (AvgIpc) is 3.30. The number of benzene rings is 1. The number of urea groups is 1. The Morgan fingerprint density at radius 1 is 0.973 bits per heavy atom. The molecule has 3 heterocycles. The Bertz CT molecular complexity index is 1230. The van der Waals surface area contributed by atoms with Gasteiger partial charge >= 0.3 is 18.4 Å². The third-order valence-corrected chi connectivity index (χ3v) is 5.82. The molecule has 1 aliphatic heterocycles. The number of anilines is 2. The number of hydrogen-bond donors (Lipinski definition) is 1. The quantitative estimate of drug-likeness (QED) is 0.354. The first kappa shape index (κ1) is 26.4. The van der Waals surface area contributed by atoms with E-state index in [1.807, 2.05) is 0 Å². The molecule has 0 unspecified atom stereocenters. The van der Waals surface area contributed by atoms with Gasteiger partial charge in [-0.25, -0.2) is 9.78 Å². The minimum atomic E-state index is -5.03. The Balaban J connectivity index is 1.38. The van der Waals surface area contributed by atoms with Gasteiger partial charge in [-0.2, -0.15) is 35.1 Å². The maximum atomic E-state index is 13.2. The number of nitrogens with zero attached hydrogens (tertiary/aromatic N) is 5. The number of pyridine rings is 1. The van der Waals surface area contributed by atoms with Crippen LogP contribution in [0.2, 0.25) is 0 Å². The van der Waals surface area contributed by atoms with E-state index in [4.69, 9.17) is 4.74 Å². The first-order valence-electron chi connectivity index (χ1n) is 10.6. The third kappa shape index (κ3) is 6.55. The summed E-state index contributed by atoms with van der Waals surface area (Å²) in [6.45, 7) is 0.703. The molecule has 0 aliphatic carbocycles. The van der Waals surface area contributed by atoms with E-state index in [9.17, 15) is 35.5 Å². The lowest BCUT2D eigenvalue weighted by Gasteiger charge is -2.34. The smallest absolute Gasteiger partial charge is 0.416 e. The molecular formula is C21H17F7N6O2S. The van der Waals surface area contributed by atoms with E-state index in [0.717, 1.165) is 11.7 Å². The van der Waals surface area contributed by atoms with Crippen molar-refractivity contribution in [1.29, 1.82) is 0 Å². The number of ether oxygens (including phenoxy) is 1. The summed E-state index contributed by atoms with van der Waals surface area (Å²) in [5.74, 6) is -0.0667. The average molecular weight is 550 g/mol. The van der Waals surface area contributed by atoms with E-state index in [-0.39, 0.29) is 44.7 Å². The maximum absolute atomic E-state index is 13.2. The largest absolute Gasteiger partial charge is 0.470 e. The minimum absolute atomic E-state index is 0.0110. The van der Waals surface area contributed by atoms with Gasteiger partial charge in [0, 0.05) is 38.1 Å². The summed E-state index contributed by atoms with van der Waals surface area (Å²) in [6.07, 6.45) is -8.76. The number of halogens is 7. The first-order valence-corrected chi connectivity index (χ1v) is 11.3. The fourth-order valence-electron chi connectivity index (χ4n) is 3.49. The molecule has 0 radical (unpaired) electrons. The van der Waals surface area contributed by atoms with Crippen LogP contribution in [0.15, 0.2) is 36.5 Å². The van der Waals surface area contributed by atoms with E-state index in [0.29, 0.717) is 23.5 Å². The molecule has 1 aromatic carbocycles. The van der Waals surface area contributed by atoms with Gasteiger partial charge in [-0.3, -0.25) is 0 Å². The second-order valence-electron chi connectivity index (χ2n) is 7.87. The van der Waals surface area contributed by atoms with Crippen molar-refractivity contribution in [3.8, 4) is 5.88 Å². The zero-order valence-electron chi connectivity index (χ0n) is 18.6. The van der Waals surface area contributed by atoms with Crippen LogP contribution in [0.5, 0.6) is 5.88 Å². The summed E-state index contributed by atoms with van der Waals surface area (Å²) in [5.41, 5.74) is -3.15. The van der Waals surface area contributed by atoms with E-state index in [1.165, 1.54) is 17.2 Å². The van der Waals surface area contributed by atoms with Gasteiger partial charge in [-0.05, 0) is 35.9 Å². The normalized spacial score (nSPS) is 14.6. The van der Waals surface area contributed by atoms with E-state index < -0.39 is 41.1 Å². The lowest BCUT2D eigenvalue weighted by Crippen LogP contribution is -2.50. The monoisotopic (exact) mass is 550 g/mol. The summed E-state index contributed by atoms with van der Waals surface area (Å²) in [6, 6.07) is 2.81. The minimum Gasteiger partial charge on any atom is -0.470 e. The van der Waals surface area contributed by atoms with Gasteiger partial charge in [0.15, 0.2) is 0 Å². The predicted octanol–water partition coefficient (Wildman–Crippen LogP) is 5.04. The number of carbonyl (C=O) groups excluding carboxylic acids is 1. The molecule has 2 aromatic heterocycles. The van der Waals surface area contributed by atoms with Gasteiger partial charge in [-0.15, -0.1) is 4.37 Å². The fraction of sp³-hybridized carbons (Fsp3) is 0.333. The van der Waals surface area contributed by atoms with Gasteiger partial charge in [0.05, 0.1) is 22.9 Å². The molecule has 0 spiro atoms. The fourth-order valence-corrected chi connectivity index (χ4v) is 4.02. The van der Waals surface area contributed by atoms with Crippen molar-refractivity contribution in [1.82, 2.24) is 18.6 Å². The summed E-state index contributed by atoms with van der Waals surface area (Å²) in [5, 5.41) is 2.12. The summed E-state index contributed by atoms with van der Waals surface area (Å²) in [4.78, 5) is 19.1. The molecular weight excluding hydrogens is 533 g/mol. The Morgan fingerprint density at radius 3 is 2.22 bits per heavy atom. The molecule has 198 valence electrons. The van der Waals surface area contributed by atoms with Gasteiger partial charge in [0.25, 0.3) is 5.88 Å². The van der Waals surface area contributed by atoms with Crippen molar-refractivity contribution in [2.24, 2.45) is 0 Å². The van der Waals surface area contributed by atoms with Crippen molar-refractivity contribution in [3.05, 3.63) is 59.2 Å². The molecule has 0 atom stereocenters. The predicted molar refractivity (Wildman–Crippen MR) is 118 cm³/mol. The molecule has 0 bridgehead atoms. The second-order valence-corrected chi connectivity index (χ2v) is 8.40. The van der Waals surface area contributed by atoms with Crippen LogP contribution >= 0.6 is 11.7 Å². The number of nitrogens with one attached hydrogen (secondary N) is 1. The van der Waals surface area contributed by atoms with Crippen molar-refractivity contribution < 1.29 is 40.3 Å². The van der Waals surface area contributed by atoms with E-state index in [2.05, 4.69) is 19.0 Å². The number of amides is 2.